The molecule has 0 amide bonds. The van der Waals surface area contributed by atoms with Crippen LogP contribution >= 0.6 is 0 Å². The van der Waals surface area contributed by atoms with Gasteiger partial charge in [-0.05, 0) is 39.3 Å². The number of carboxylic acids is 2. The van der Waals surface area contributed by atoms with Crippen molar-refractivity contribution >= 4 is 17.6 Å². The molecule has 1 aromatic carbocycles. The fraction of sp³-hybridized carbons (Fsp3) is 0.529. The highest BCUT2D eigenvalue weighted by atomic mass is 16.6. The minimum absolute atomic E-state index is 0.00982. The summed E-state index contributed by atoms with van der Waals surface area (Å²) in [4.78, 5) is 28.7. The second-order valence-corrected chi connectivity index (χ2v) is 6.48. The lowest BCUT2D eigenvalue weighted by Crippen LogP contribution is -2.38. The fourth-order valence-corrected chi connectivity index (χ4v) is 1.70. The maximum absolute atomic E-state index is 10.9. The summed E-state index contributed by atoms with van der Waals surface area (Å²) in [5.74, 6) is -3.37. The molecule has 27 heavy (non-hydrogen) atoms. The summed E-state index contributed by atoms with van der Waals surface area (Å²) in [7, 11) is 0. The number of hydrogen-bond donors (Lipinski definition) is 3. The molecule has 152 valence electrons. The molecule has 10 heteroatoms. The Labute approximate surface area is 157 Å². The molecule has 0 heterocycles. The van der Waals surface area contributed by atoms with Gasteiger partial charge in [-0.2, -0.15) is 0 Å². The summed E-state index contributed by atoms with van der Waals surface area (Å²) in [6.07, 6.45) is 0. The molecule has 1 aromatic rings. The van der Waals surface area contributed by atoms with E-state index in [-0.39, 0.29) is 17.0 Å². The van der Waals surface area contributed by atoms with Crippen molar-refractivity contribution in [1.29, 1.82) is 0 Å². The summed E-state index contributed by atoms with van der Waals surface area (Å²) in [5, 5.41) is 29.0. The van der Waals surface area contributed by atoms with Crippen molar-refractivity contribution in [2.45, 2.75) is 33.2 Å². The Kier molecular flexibility index (Phi) is 10.6. The average Bonchev–Trinajstić information content (AvgIpc) is 2.54. The Morgan fingerprint density at radius 1 is 1.15 bits per heavy atom. The first-order valence-corrected chi connectivity index (χ1v) is 8.11. The lowest BCUT2D eigenvalue weighted by atomic mass is 10.1. The number of carboxylic acid groups (broad SMARTS) is 2. The van der Waals surface area contributed by atoms with Crippen molar-refractivity contribution in [3.8, 4) is 5.75 Å². The van der Waals surface area contributed by atoms with E-state index in [4.69, 9.17) is 29.3 Å². The van der Waals surface area contributed by atoms with Crippen LogP contribution in [0, 0.1) is 17.0 Å². The molecule has 10 nitrogen and oxygen atoms in total. The predicted octanol–water partition coefficient (Wildman–Crippen LogP) is 1.84. The Morgan fingerprint density at radius 2 is 1.74 bits per heavy atom. The highest BCUT2D eigenvalue weighted by molar-refractivity contribution is 6.27. The molecular weight excluding hydrogens is 360 g/mol. The van der Waals surface area contributed by atoms with Crippen molar-refractivity contribution in [3.63, 3.8) is 0 Å². The largest absolute Gasteiger partial charge is 0.484 e. The normalized spacial score (nSPS) is 10.5. The maximum atomic E-state index is 10.9. The number of benzene rings is 1. The van der Waals surface area contributed by atoms with Crippen LogP contribution in [0.5, 0.6) is 5.75 Å². The number of rotatable bonds is 8. The van der Waals surface area contributed by atoms with Gasteiger partial charge in [0.1, 0.15) is 6.61 Å². The zero-order valence-corrected chi connectivity index (χ0v) is 15.9. The molecule has 0 atom stereocenters. The molecule has 0 aliphatic carbocycles. The van der Waals surface area contributed by atoms with Gasteiger partial charge < -0.3 is 25.0 Å². The zero-order valence-electron chi connectivity index (χ0n) is 15.9. The van der Waals surface area contributed by atoms with E-state index < -0.39 is 16.9 Å². The Hall–Kier alpha value is -2.72. The van der Waals surface area contributed by atoms with Gasteiger partial charge in [0, 0.05) is 18.2 Å². The van der Waals surface area contributed by atoms with E-state index in [1.807, 2.05) is 6.92 Å². The summed E-state index contributed by atoms with van der Waals surface area (Å²) < 4.78 is 10.8. The molecule has 0 aromatic heterocycles. The van der Waals surface area contributed by atoms with Crippen LogP contribution in [0.4, 0.5) is 5.69 Å². The maximum Gasteiger partial charge on any atom is 0.414 e. The van der Waals surface area contributed by atoms with Gasteiger partial charge in [0.15, 0.2) is 5.75 Å². The molecule has 0 unspecified atom stereocenters. The number of nitrogens with zero attached hydrogens (tertiary/aromatic N) is 1. The van der Waals surface area contributed by atoms with Gasteiger partial charge in [0.2, 0.25) is 0 Å². The number of aliphatic carboxylic acids is 2. The first kappa shape index (κ1) is 24.3. The standard InChI is InChI=1S/C15H24N2O4.C2H2O4/c1-12-5-6-14(13(11-12)17(18)19)21-10-9-20-8-7-16-15(2,3)4;3-1(4)2(5)6/h5-6,11,16H,7-10H2,1-4H3;(H,3,4)(H,5,6). The van der Waals surface area contributed by atoms with Crippen molar-refractivity contribution < 1.29 is 34.2 Å². The van der Waals surface area contributed by atoms with Gasteiger partial charge in [0.25, 0.3) is 0 Å². The quantitative estimate of drug-likeness (QED) is 0.263. The molecule has 0 radical (unpaired) electrons. The highest BCUT2D eigenvalue weighted by Crippen LogP contribution is 2.27. The second-order valence-electron chi connectivity index (χ2n) is 6.48. The smallest absolute Gasteiger partial charge is 0.414 e. The first-order chi connectivity index (χ1) is 12.4. The van der Waals surface area contributed by atoms with Crippen LogP contribution in [0.25, 0.3) is 0 Å². The molecule has 0 bridgehead atoms. The molecule has 0 aliphatic rings. The third-order valence-corrected chi connectivity index (χ3v) is 2.88. The van der Waals surface area contributed by atoms with Crippen LogP contribution < -0.4 is 10.1 Å². The molecular formula is C17H26N2O8. The lowest BCUT2D eigenvalue weighted by Gasteiger charge is -2.20. The van der Waals surface area contributed by atoms with Gasteiger partial charge in [-0.25, -0.2) is 9.59 Å². The molecule has 0 saturated heterocycles. The predicted molar refractivity (Wildman–Crippen MR) is 97.2 cm³/mol. The molecule has 0 saturated carbocycles. The number of nitro groups is 1. The third-order valence-electron chi connectivity index (χ3n) is 2.88. The van der Waals surface area contributed by atoms with Crippen LogP contribution in [-0.4, -0.2) is 59.0 Å². The van der Waals surface area contributed by atoms with Gasteiger partial charge in [0.05, 0.1) is 18.1 Å². The first-order valence-electron chi connectivity index (χ1n) is 8.11. The number of nitrogens with one attached hydrogen (secondary N) is 1. The van der Waals surface area contributed by atoms with E-state index in [0.29, 0.717) is 19.8 Å². The average molecular weight is 386 g/mol. The summed E-state index contributed by atoms with van der Waals surface area (Å²) in [6.45, 7) is 10.1. The Balaban J connectivity index is 0.000000972. The highest BCUT2D eigenvalue weighted by Gasteiger charge is 2.14. The summed E-state index contributed by atoms with van der Waals surface area (Å²) in [5.41, 5.74) is 0.894. The monoisotopic (exact) mass is 386 g/mol. The van der Waals surface area contributed by atoms with Gasteiger partial charge in [-0.1, -0.05) is 6.07 Å². The summed E-state index contributed by atoms with van der Waals surface area (Å²) in [6, 6.07) is 4.91. The minimum Gasteiger partial charge on any atom is -0.484 e. The van der Waals surface area contributed by atoms with E-state index in [0.717, 1.165) is 12.1 Å². The van der Waals surface area contributed by atoms with Gasteiger partial charge in [-0.15, -0.1) is 0 Å². The van der Waals surface area contributed by atoms with Crippen molar-refractivity contribution in [2.24, 2.45) is 0 Å². The lowest BCUT2D eigenvalue weighted by molar-refractivity contribution is -0.385. The van der Waals surface area contributed by atoms with E-state index >= 15 is 0 Å². The van der Waals surface area contributed by atoms with Crippen molar-refractivity contribution in [2.75, 3.05) is 26.4 Å². The topological polar surface area (TPSA) is 148 Å². The fourth-order valence-electron chi connectivity index (χ4n) is 1.70. The zero-order chi connectivity index (χ0) is 21.0. The van der Waals surface area contributed by atoms with E-state index in [1.165, 1.54) is 6.07 Å². The molecule has 0 fully saturated rings. The van der Waals surface area contributed by atoms with Crippen LogP contribution in [-0.2, 0) is 14.3 Å². The Morgan fingerprint density at radius 3 is 2.22 bits per heavy atom. The number of aryl methyl sites for hydroxylation is 1. The van der Waals surface area contributed by atoms with Crippen LogP contribution in [0.15, 0.2) is 18.2 Å². The third kappa shape index (κ3) is 12.3. The van der Waals surface area contributed by atoms with Gasteiger partial charge in [-0.3, -0.25) is 10.1 Å². The number of nitro benzene ring substituents is 1. The minimum atomic E-state index is -1.82. The van der Waals surface area contributed by atoms with Crippen LogP contribution in [0.1, 0.15) is 26.3 Å². The van der Waals surface area contributed by atoms with Gasteiger partial charge >= 0.3 is 17.6 Å². The number of ether oxygens (including phenoxy) is 2. The summed E-state index contributed by atoms with van der Waals surface area (Å²) >= 11 is 0. The van der Waals surface area contributed by atoms with Crippen molar-refractivity contribution in [3.05, 3.63) is 33.9 Å². The molecule has 1 rings (SSSR count). The number of carbonyl (C=O) groups is 2. The molecule has 0 spiro atoms. The number of hydrogen-bond acceptors (Lipinski definition) is 7. The van der Waals surface area contributed by atoms with E-state index in [2.05, 4.69) is 26.1 Å². The van der Waals surface area contributed by atoms with E-state index in [1.54, 1.807) is 12.1 Å². The molecule has 3 N–H and O–H groups in total. The van der Waals surface area contributed by atoms with Crippen molar-refractivity contribution in [1.82, 2.24) is 5.32 Å². The second kappa shape index (κ2) is 11.8. The van der Waals surface area contributed by atoms with Crippen LogP contribution in [0.3, 0.4) is 0 Å². The van der Waals surface area contributed by atoms with E-state index in [9.17, 15) is 10.1 Å². The Bertz CT molecular complexity index is 628. The SMILES string of the molecule is Cc1ccc(OCCOCCNC(C)(C)C)c([N+](=O)[O-])c1.O=C(O)C(=O)O. The molecule has 0 aliphatic heterocycles. The van der Waals surface area contributed by atoms with Crippen LogP contribution in [0.2, 0.25) is 0 Å².